The second-order valence-corrected chi connectivity index (χ2v) is 3.87. The fraction of sp³-hybridized carbons (Fsp3) is 0.154. The molecule has 90 valence electrons. The molecule has 0 radical (unpaired) electrons. The Morgan fingerprint density at radius 1 is 1.17 bits per heavy atom. The van der Waals surface area contributed by atoms with Crippen LogP contribution in [0.5, 0.6) is 5.75 Å². The highest BCUT2D eigenvalue weighted by Gasteiger charge is 1.98. The topological polar surface area (TPSA) is 52.8 Å². The van der Waals surface area contributed by atoms with Crippen molar-refractivity contribution in [3.63, 3.8) is 0 Å². The Bertz CT molecular complexity index is 636. The van der Waals surface area contributed by atoms with E-state index in [0.29, 0.717) is 13.2 Å². The highest BCUT2D eigenvalue weighted by Crippen LogP contribution is 2.18. The molecule has 0 fully saturated rings. The summed E-state index contributed by atoms with van der Waals surface area (Å²) in [5, 5.41) is 8.69. The Labute approximate surface area is 104 Å². The molecule has 2 aromatic heterocycles. The van der Waals surface area contributed by atoms with Gasteiger partial charge >= 0.3 is 0 Å². The minimum Gasteiger partial charge on any atom is -0.492 e. The van der Waals surface area contributed by atoms with Crippen LogP contribution >= 0.6 is 0 Å². The third-order valence-electron chi connectivity index (χ3n) is 2.64. The normalized spacial score (nSPS) is 10.7. The highest BCUT2D eigenvalue weighted by atomic mass is 16.5. The van der Waals surface area contributed by atoms with E-state index in [-0.39, 0.29) is 0 Å². The van der Waals surface area contributed by atoms with Crippen molar-refractivity contribution >= 4 is 10.9 Å². The minimum absolute atomic E-state index is 0.565. The minimum atomic E-state index is 0.565. The summed E-state index contributed by atoms with van der Waals surface area (Å²) in [5.74, 6) is 0.843. The summed E-state index contributed by atoms with van der Waals surface area (Å²) in [6.45, 7) is 1.25. The van der Waals surface area contributed by atoms with E-state index in [2.05, 4.69) is 15.3 Å². The third kappa shape index (κ3) is 2.29. The predicted molar refractivity (Wildman–Crippen MR) is 67.3 cm³/mol. The van der Waals surface area contributed by atoms with E-state index in [0.717, 1.165) is 16.7 Å². The van der Waals surface area contributed by atoms with Crippen molar-refractivity contribution in [2.75, 3.05) is 6.61 Å². The van der Waals surface area contributed by atoms with Crippen molar-refractivity contribution < 1.29 is 4.74 Å². The van der Waals surface area contributed by atoms with Crippen molar-refractivity contribution in [2.24, 2.45) is 0 Å². The Morgan fingerprint density at radius 2 is 2.17 bits per heavy atom. The molecular weight excluding hydrogens is 228 g/mol. The average molecular weight is 240 g/mol. The molecular formula is C13H12N4O. The number of nitrogens with zero attached hydrogens (tertiary/aromatic N) is 4. The molecule has 0 aliphatic carbocycles. The number of ether oxygens (including phenoxy) is 1. The van der Waals surface area contributed by atoms with Gasteiger partial charge in [0.15, 0.2) is 0 Å². The van der Waals surface area contributed by atoms with Gasteiger partial charge in [-0.25, -0.2) is 4.68 Å². The number of hydrogen-bond donors (Lipinski definition) is 0. The van der Waals surface area contributed by atoms with Crippen LogP contribution in [0, 0.1) is 0 Å². The van der Waals surface area contributed by atoms with Crippen LogP contribution in [0.1, 0.15) is 0 Å². The molecule has 0 saturated carbocycles. The van der Waals surface area contributed by atoms with Crippen molar-refractivity contribution in [1.82, 2.24) is 20.0 Å². The second-order valence-electron chi connectivity index (χ2n) is 3.87. The maximum absolute atomic E-state index is 5.67. The lowest BCUT2D eigenvalue weighted by molar-refractivity contribution is 0.290. The number of rotatable bonds is 4. The van der Waals surface area contributed by atoms with Gasteiger partial charge in [0.25, 0.3) is 0 Å². The Hall–Kier alpha value is -2.43. The van der Waals surface area contributed by atoms with Crippen LogP contribution in [-0.2, 0) is 6.54 Å². The SMILES string of the molecule is c1cnc2ccc(OCCn3ccnn3)cc2c1. The standard InChI is InChI=1S/C13H12N4O/c1-2-11-10-12(3-4-13(11)14-5-1)18-9-8-17-7-6-15-16-17/h1-7,10H,8-9H2. The molecule has 0 unspecified atom stereocenters. The van der Waals surface area contributed by atoms with Crippen molar-refractivity contribution in [3.8, 4) is 5.75 Å². The highest BCUT2D eigenvalue weighted by molar-refractivity contribution is 5.79. The molecule has 0 aliphatic rings. The fourth-order valence-electron chi connectivity index (χ4n) is 1.75. The summed E-state index contributed by atoms with van der Waals surface area (Å²) in [4.78, 5) is 4.27. The molecule has 0 atom stereocenters. The van der Waals surface area contributed by atoms with E-state index in [1.54, 1.807) is 17.1 Å². The molecule has 3 aromatic rings. The molecule has 0 amide bonds. The van der Waals surface area contributed by atoms with E-state index >= 15 is 0 Å². The van der Waals surface area contributed by atoms with Gasteiger partial charge in [0.1, 0.15) is 12.4 Å². The summed E-state index contributed by atoms with van der Waals surface area (Å²) < 4.78 is 7.41. The lowest BCUT2D eigenvalue weighted by Gasteiger charge is -2.06. The summed E-state index contributed by atoms with van der Waals surface area (Å²) in [5.41, 5.74) is 0.973. The Kier molecular flexibility index (Phi) is 2.87. The molecule has 0 N–H and O–H groups in total. The molecule has 5 heteroatoms. The second kappa shape index (κ2) is 4.83. The van der Waals surface area contributed by atoms with Crippen LogP contribution in [0.25, 0.3) is 10.9 Å². The first-order valence-electron chi connectivity index (χ1n) is 5.73. The van der Waals surface area contributed by atoms with Gasteiger partial charge in [0, 0.05) is 17.8 Å². The maximum atomic E-state index is 5.67. The van der Waals surface area contributed by atoms with Gasteiger partial charge in [0.05, 0.1) is 18.3 Å². The fourth-order valence-corrected chi connectivity index (χ4v) is 1.75. The van der Waals surface area contributed by atoms with Crippen molar-refractivity contribution in [1.29, 1.82) is 0 Å². The van der Waals surface area contributed by atoms with E-state index in [9.17, 15) is 0 Å². The molecule has 0 aliphatic heterocycles. The zero-order chi connectivity index (χ0) is 12.2. The van der Waals surface area contributed by atoms with Crippen LogP contribution < -0.4 is 4.74 Å². The zero-order valence-electron chi connectivity index (χ0n) is 9.73. The molecule has 3 rings (SSSR count). The molecule has 0 bridgehead atoms. The van der Waals surface area contributed by atoms with Crippen LogP contribution in [0.4, 0.5) is 0 Å². The van der Waals surface area contributed by atoms with Gasteiger partial charge < -0.3 is 4.74 Å². The average Bonchev–Trinajstić information content (AvgIpc) is 2.92. The van der Waals surface area contributed by atoms with Crippen LogP contribution in [0.15, 0.2) is 48.9 Å². The van der Waals surface area contributed by atoms with Crippen LogP contribution in [0.3, 0.4) is 0 Å². The summed E-state index contributed by atoms with van der Waals surface area (Å²) in [6.07, 6.45) is 5.25. The molecule has 2 heterocycles. The van der Waals surface area contributed by atoms with E-state index in [1.165, 1.54) is 0 Å². The Balaban J connectivity index is 1.67. The largest absolute Gasteiger partial charge is 0.492 e. The van der Waals surface area contributed by atoms with Crippen molar-refractivity contribution in [2.45, 2.75) is 6.54 Å². The van der Waals surface area contributed by atoms with Gasteiger partial charge in [-0.15, -0.1) is 5.10 Å². The summed E-state index contributed by atoms with van der Waals surface area (Å²) in [6, 6.07) is 9.81. The number of aromatic nitrogens is 4. The lowest BCUT2D eigenvalue weighted by Crippen LogP contribution is -2.08. The lowest BCUT2D eigenvalue weighted by atomic mass is 10.2. The van der Waals surface area contributed by atoms with Gasteiger partial charge in [-0.3, -0.25) is 4.98 Å². The van der Waals surface area contributed by atoms with Gasteiger partial charge in [-0.2, -0.15) is 0 Å². The first kappa shape index (κ1) is 10.7. The Morgan fingerprint density at radius 3 is 3.06 bits per heavy atom. The smallest absolute Gasteiger partial charge is 0.120 e. The summed E-state index contributed by atoms with van der Waals surface area (Å²) in [7, 11) is 0. The molecule has 18 heavy (non-hydrogen) atoms. The first-order chi connectivity index (χ1) is 8.92. The number of fused-ring (bicyclic) bond motifs is 1. The van der Waals surface area contributed by atoms with Crippen molar-refractivity contribution in [3.05, 3.63) is 48.9 Å². The maximum Gasteiger partial charge on any atom is 0.120 e. The zero-order valence-corrected chi connectivity index (χ0v) is 9.73. The predicted octanol–water partition coefficient (Wildman–Crippen LogP) is 1.91. The van der Waals surface area contributed by atoms with Gasteiger partial charge in [-0.1, -0.05) is 11.3 Å². The van der Waals surface area contributed by atoms with Crippen LogP contribution in [-0.4, -0.2) is 26.6 Å². The summed E-state index contributed by atoms with van der Waals surface area (Å²) >= 11 is 0. The third-order valence-corrected chi connectivity index (χ3v) is 2.64. The van der Waals surface area contributed by atoms with Gasteiger partial charge in [-0.05, 0) is 24.3 Å². The van der Waals surface area contributed by atoms with Crippen LogP contribution in [0.2, 0.25) is 0 Å². The van der Waals surface area contributed by atoms with Gasteiger partial charge in [0.2, 0.25) is 0 Å². The quantitative estimate of drug-likeness (QED) is 0.699. The molecule has 0 spiro atoms. The molecule has 5 nitrogen and oxygen atoms in total. The first-order valence-corrected chi connectivity index (χ1v) is 5.73. The van der Waals surface area contributed by atoms with E-state index in [1.807, 2.05) is 36.5 Å². The molecule has 1 aromatic carbocycles. The number of hydrogen-bond acceptors (Lipinski definition) is 4. The number of pyridine rings is 1. The van der Waals surface area contributed by atoms with E-state index in [4.69, 9.17) is 4.74 Å². The molecule has 0 saturated heterocycles. The van der Waals surface area contributed by atoms with E-state index < -0.39 is 0 Å². The monoisotopic (exact) mass is 240 g/mol. The number of benzene rings is 1.